The first-order valence-corrected chi connectivity index (χ1v) is 6.66. The van der Waals surface area contributed by atoms with E-state index in [1.807, 2.05) is 11.3 Å². The Morgan fingerprint density at radius 1 is 0.938 bits per heavy atom. The summed E-state index contributed by atoms with van der Waals surface area (Å²) in [6.45, 7) is 4.23. The van der Waals surface area contributed by atoms with Gasteiger partial charge in [0.25, 0.3) is 0 Å². The molecule has 0 saturated heterocycles. The van der Waals surface area contributed by atoms with Crippen LogP contribution in [0, 0.1) is 13.8 Å². The lowest BCUT2D eigenvalue weighted by molar-refractivity contribution is 1.30. The predicted octanol–water partition coefficient (Wildman–Crippen LogP) is 4.04. The molecule has 3 heterocycles. The zero-order valence-electron chi connectivity index (χ0n) is 9.02. The van der Waals surface area contributed by atoms with Crippen LogP contribution >= 0.6 is 22.7 Å². The molecule has 0 aromatic carbocycles. The van der Waals surface area contributed by atoms with Crippen LogP contribution in [0.5, 0.6) is 0 Å². The Labute approximate surface area is 102 Å². The lowest BCUT2D eigenvalue weighted by Crippen LogP contribution is -1.78. The van der Waals surface area contributed by atoms with Crippen molar-refractivity contribution < 1.29 is 0 Å². The summed E-state index contributed by atoms with van der Waals surface area (Å²) in [5.41, 5.74) is 2.07. The molecule has 0 bridgehead atoms. The van der Waals surface area contributed by atoms with Crippen molar-refractivity contribution in [3.63, 3.8) is 0 Å². The minimum absolute atomic E-state index is 1.03. The van der Waals surface area contributed by atoms with Crippen LogP contribution in [-0.4, -0.2) is 9.97 Å². The molecular formula is C12H10N2S2. The second-order valence-electron chi connectivity index (χ2n) is 3.65. The summed E-state index contributed by atoms with van der Waals surface area (Å²) < 4.78 is 0. The normalized spacial score (nSPS) is 11.1. The number of fused-ring (bicyclic) bond motifs is 1. The van der Waals surface area contributed by atoms with Gasteiger partial charge in [0, 0.05) is 27.0 Å². The van der Waals surface area contributed by atoms with E-state index in [1.54, 1.807) is 23.7 Å². The zero-order chi connectivity index (χ0) is 11.1. The number of rotatable bonds is 1. The van der Waals surface area contributed by atoms with Crippen molar-refractivity contribution in [2.45, 2.75) is 13.8 Å². The van der Waals surface area contributed by atoms with Gasteiger partial charge in [-0.1, -0.05) is 0 Å². The molecule has 0 fully saturated rings. The van der Waals surface area contributed by atoms with Crippen LogP contribution in [0.4, 0.5) is 0 Å². The molecule has 0 aliphatic carbocycles. The Morgan fingerprint density at radius 2 is 1.69 bits per heavy atom. The summed E-state index contributed by atoms with van der Waals surface area (Å²) in [6.07, 6.45) is 3.52. The van der Waals surface area contributed by atoms with Crippen LogP contribution in [0.15, 0.2) is 24.5 Å². The smallest absolute Gasteiger partial charge is 0.108 e. The summed E-state index contributed by atoms with van der Waals surface area (Å²) in [5.74, 6) is 0. The van der Waals surface area contributed by atoms with Crippen LogP contribution in [0.2, 0.25) is 0 Å². The highest BCUT2D eigenvalue weighted by Crippen LogP contribution is 2.39. The van der Waals surface area contributed by atoms with Gasteiger partial charge in [-0.15, -0.1) is 22.7 Å². The van der Waals surface area contributed by atoms with E-state index in [4.69, 9.17) is 0 Å². The molecule has 0 aliphatic rings. The molecule has 0 N–H and O–H groups in total. The van der Waals surface area contributed by atoms with Crippen LogP contribution in [0.3, 0.4) is 0 Å². The van der Waals surface area contributed by atoms with Crippen molar-refractivity contribution >= 4 is 33.7 Å². The van der Waals surface area contributed by atoms with Crippen LogP contribution in [0.25, 0.3) is 20.8 Å². The molecule has 0 amide bonds. The molecule has 0 radical (unpaired) electrons. The van der Waals surface area contributed by atoms with Gasteiger partial charge in [0.05, 0.1) is 4.88 Å². The number of nitrogens with zero attached hydrogens (tertiary/aromatic N) is 2. The van der Waals surface area contributed by atoms with E-state index >= 15 is 0 Å². The molecule has 3 aromatic rings. The lowest BCUT2D eigenvalue weighted by atomic mass is 10.3. The first-order valence-electron chi connectivity index (χ1n) is 5.02. The summed E-state index contributed by atoms with van der Waals surface area (Å²) in [5, 5.41) is 0. The third-order valence-corrected chi connectivity index (χ3v) is 4.73. The van der Waals surface area contributed by atoms with Crippen molar-refractivity contribution in [2.75, 3.05) is 0 Å². The van der Waals surface area contributed by atoms with Gasteiger partial charge < -0.3 is 0 Å². The molecule has 0 atom stereocenters. The highest BCUT2D eigenvalue weighted by atomic mass is 32.1. The molecule has 16 heavy (non-hydrogen) atoms. The van der Waals surface area contributed by atoms with Gasteiger partial charge in [0.2, 0.25) is 0 Å². The van der Waals surface area contributed by atoms with E-state index < -0.39 is 0 Å². The van der Waals surface area contributed by atoms with Crippen LogP contribution in [-0.2, 0) is 0 Å². The molecular weight excluding hydrogens is 236 g/mol. The van der Waals surface area contributed by atoms with E-state index in [1.165, 1.54) is 19.5 Å². The second-order valence-corrected chi connectivity index (χ2v) is 6.16. The molecule has 3 rings (SSSR count). The fraction of sp³-hybridized carbons (Fsp3) is 0.167. The highest BCUT2D eigenvalue weighted by Gasteiger charge is 2.13. The molecule has 80 valence electrons. The van der Waals surface area contributed by atoms with Crippen molar-refractivity contribution in [1.82, 2.24) is 9.97 Å². The summed E-state index contributed by atoms with van der Waals surface area (Å²) in [4.78, 5) is 13.9. The van der Waals surface area contributed by atoms with E-state index in [2.05, 4.69) is 35.9 Å². The molecule has 0 unspecified atom stereocenters. The number of hydrogen-bond acceptors (Lipinski definition) is 4. The maximum atomic E-state index is 4.44. The summed E-state index contributed by atoms with van der Waals surface area (Å²) in [6, 6.07) is 4.32. The number of thiophene rings is 2. The molecule has 3 aromatic heterocycles. The average Bonchev–Trinajstić information content (AvgIpc) is 2.84. The van der Waals surface area contributed by atoms with Gasteiger partial charge in [-0.2, -0.15) is 0 Å². The van der Waals surface area contributed by atoms with Gasteiger partial charge in [0.15, 0.2) is 0 Å². The first-order chi connectivity index (χ1) is 7.75. The number of hydrogen-bond donors (Lipinski definition) is 0. The summed E-state index contributed by atoms with van der Waals surface area (Å²) in [7, 11) is 0. The Morgan fingerprint density at radius 3 is 2.38 bits per heavy atom. The fourth-order valence-corrected chi connectivity index (χ4v) is 3.76. The van der Waals surface area contributed by atoms with Gasteiger partial charge in [-0.25, -0.2) is 0 Å². The number of aryl methyl sites for hydroxylation is 2. The molecule has 4 heteroatoms. The SMILES string of the molecule is Cc1ccc(-c2sc(C)c3nccnc23)s1. The van der Waals surface area contributed by atoms with Crippen LogP contribution in [0.1, 0.15) is 9.75 Å². The lowest BCUT2D eigenvalue weighted by Gasteiger charge is -1.92. The van der Waals surface area contributed by atoms with Crippen molar-refractivity contribution in [3.05, 3.63) is 34.3 Å². The average molecular weight is 246 g/mol. The van der Waals surface area contributed by atoms with Gasteiger partial charge >= 0.3 is 0 Å². The van der Waals surface area contributed by atoms with E-state index in [0.29, 0.717) is 0 Å². The molecule has 2 nitrogen and oxygen atoms in total. The largest absolute Gasteiger partial charge is 0.252 e. The van der Waals surface area contributed by atoms with Crippen molar-refractivity contribution in [2.24, 2.45) is 0 Å². The van der Waals surface area contributed by atoms with E-state index in [-0.39, 0.29) is 0 Å². The van der Waals surface area contributed by atoms with Crippen molar-refractivity contribution in [1.29, 1.82) is 0 Å². The Balaban J connectivity index is 2.32. The quantitative estimate of drug-likeness (QED) is 0.647. The zero-order valence-corrected chi connectivity index (χ0v) is 10.7. The minimum Gasteiger partial charge on any atom is -0.252 e. The van der Waals surface area contributed by atoms with E-state index in [9.17, 15) is 0 Å². The first kappa shape index (κ1) is 9.93. The predicted molar refractivity (Wildman–Crippen MR) is 70.2 cm³/mol. The fourth-order valence-electron chi connectivity index (χ4n) is 1.74. The standard InChI is InChI=1S/C12H10N2S2/c1-7-3-4-9(15-7)12-11-10(8(2)16-12)13-5-6-14-11/h3-6H,1-2H3. The Hall–Kier alpha value is -1.26. The topological polar surface area (TPSA) is 25.8 Å². The van der Waals surface area contributed by atoms with Crippen LogP contribution < -0.4 is 0 Å². The molecule has 0 spiro atoms. The maximum absolute atomic E-state index is 4.44. The Bertz CT molecular complexity index is 652. The van der Waals surface area contributed by atoms with E-state index in [0.717, 1.165) is 11.0 Å². The van der Waals surface area contributed by atoms with Crippen molar-refractivity contribution in [3.8, 4) is 9.75 Å². The molecule has 0 saturated carbocycles. The van der Waals surface area contributed by atoms with Gasteiger partial charge in [0.1, 0.15) is 11.0 Å². The highest BCUT2D eigenvalue weighted by molar-refractivity contribution is 7.23. The third-order valence-electron chi connectivity index (χ3n) is 2.47. The summed E-state index contributed by atoms with van der Waals surface area (Å²) >= 11 is 3.59. The maximum Gasteiger partial charge on any atom is 0.108 e. The van der Waals surface area contributed by atoms with Gasteiger partial charge in [-0.05, 0) is 26.0 Å². The Kier molecular flexibility index (Phi) is 2.26. The number of aromatic nitrogens is 2. The third kappa shape index (κ3) is 1.45. The van der Waals surface area contributed by atoms with Gasteiger partial charge in [-0.3, -0.25) is 9.97 Å². The monoisotopic (exact) mass is 246 g/mol. The minimum atomic E-state index is 1.03. The molecule has 0 aliphatic heterocycles. The second kappa shape index (κ2) is 3.64.